The molecule has 1 heterocycles. The first-order valence-corrected chi connectivity index (χ1v) is 6.67. The molecule has 0 amide bonds. The van der Waals surface area contributed by atoms with E-state index >= 15 is 0 Å². The molecule has 0 N–H and O–H groups in total. The first kappa shape index (κ1) is 15.4. The zero-order chi connectivity index (χ0) is 15.3. The minimum Gasteiger partial charge on any atom is -0.491 e. The summed E-state index contributed by atoms with van der Waals surface area (Å²) in [5.41, 5.74) is 0.688. The van der Waals surface area contributed by atoms with E-state index in [1.165, 1.54) is 6.92 Å². The van der Waals surface area contributed by atoms with Crippen LogP contribution in [0.25, 0.3) is 0 Å². The number of pyridine rings is 1. The summed E-state index contributed by atoms with van der Waals surface area (Å²) >= 11 is 0. The van der Waals surface area contributed by atoms with Crippen LogP contribution in [-0.2, 0) is 12.6 Å². The van der Waals surface area contributed by atoms with E-state index in [1.807, 2.05) is 30.3 Å². The number of ether oxygens (including phenoxy) is 1. The van der Waals surface area contributed by atoms with Gasteiger partial charge in [-0.15, -0.1) is 0 Å². The lowest BCUT2D eigenvalue weighted by molar-refractivity contribution is -0.139. The molecular formula is C16H16F3NO. The van der Waals surface area contributed by atoms with Gasteiger partial charge in [0, 0.05) is 5.69 Å². The van der Waals surface area contributed by atoms with Gasteiger partial charge < -0.3 is 4.74 Å². The van der Waals surface area contributed by atoms with Crippen LogP contribution in [0.3, 0.4) is 0 Å². The van der Waals surface area contributed by atoms with E-state index in [0.717, 1.165) is 24.2 Å². The molecule has 1 aromatic carbocycles. The largest absolute Gasteiger partial charge is 0.491 e. The number of halogens is 3. The maximum Gasteiger partial charge on any atom is 0.420 e. The Morgan fingerprint density at radius 2 is 1.86 bits per heavy atom. The van der Waals surface area contributed by atoms with Crippen LogP contribution in [0, 0.1) is 6.92 Å². The second-order valence-electron chi connectivity index (χ2n) is 4.76. The van der Waals surface area contributed by atoms with Crippen LogP contribution >= 0.6 is 0 Å². The van der Waals surface area contributed by atoms with E-state index in [0.29, 0.717) is 12.1 Å². The van der Waals surface area contributed by atoms with Gasteiger partial charge in [0.2, 0.25) is 0 Å². The fourth-order valence-electron chi connectivity index (χ4n) is 1.99. The molecule has 0 unspecified atom stereocenters. The van der Waals surface area contributed by atoms with E-state index in [4.69, 9.17) is 4.74 Å². The van der Waals surface area contributed by atoms with Gasteiger partial charge in [0.1, 0.15) is 11.3 Å². The molecule has 0 bridgehead atoms. The van der Waals surface area contributed by atoms with Crippen molar-refractivity contribution in [1.82, 2.24) is 4.98 Å². The van der Waals surface area contributed by atoms with Crippen molar-refractivity contribution in [3.63, 3.8) is 0 Å². The normalized spacial score (nSPS) is 11.4. The average Bonchev–Trinajstić information content (AvgIpc) is 2.45. The summed E-state index contributed by atoms with van der Waals surface area (Å²) in [6.07, 6.45) is -1.88. The van der Waals surface area contributed by atoms with E-state index in [1.54, 1.807) is 0 Å². The van der Waals surface area contributed by atoms with Crippen molar-refractivity contribution >= 4 is 0 Å². The molecule has 0 aliphatic heterocycles. The Balaban J connectivity index is 1.94. The number of hydrogen-bond donors (Lipinski definition) is 0. The van der Waals surface area contributed by atoms with Gasteiger partial charge in [-0.1, -0.05) is 30.3 Å². The van der Waals surface area contributed by atoms with Crippen molar-refractivity contribution in [2.45, 2.75) is 25.9 Å². The molecule has 112 valence electrons. The van der Waals surface area contributed by atoms with Gasteiger partial charge in [0.25, 0.3) is 0 Å². The van der Waals surface area contributed by atoms with Gasteiger partial charge in [-0.25, -0.2) is 0 Å². The van der Waals surface area contributed by atoms with Crippen LogP contribution < -0.4 is 4.74 Å². The zero-order valence-corrected chi connectivity index (χ0v) is 11.7. The summed E-state index contributed by atoms with van der Waals surface area (Å²) in [4.78, 5) is 3.87. The predicted octanol–water partition coefficient (Wildman–Crippen LogP) is 4.42. The Hall–Kier alpha value is -2.04. The first-order chi connectivity index (χ1) is 9.97. The highest BCUT2D eigenvalue weighted by molar-refractivity contribution is 5.34. The fraction of sp³-hybridized carbons (Fsp3) is 0.312. The smallest absolute Gasteiger partial charge is 0.420 e. The van der Waals surface area contributed by atoms with Crippen molar-refractivity contribution in [2.24, 2.45) is 0 Å². The Morgan fingerprint density at radius 1 is 1.14 bits per heavy atom. The van der Waals surface area contributed by atoms with Crippen LogP contribution in [-0.4, -0.2) is 11.6 Å². The Labute approximate surface area is 121 Å². The molecule has 2 nitrogen and oxygen atoms in total. The minimum absolute atomic E-state index is 0.207. The Kier molecular flexibility index (Phi) is 4.83. The van der Waals surface area contributed by atoms with E-state index in [2.05, 4.69) is 4.98 Å². The molecule has 2 aromatic rings. The Bertz CT molecular complexity index is 582. The molecule has 0 radical (unpaired) electrons. The van der Waals surface area contributed by atoms with Crippen molar-refractivity contribution < 1.29 is 17.9 Å². The molecule has 1 aromatic heterocycles. The van der Waals surface area contributed by atoms with Crippen molar-refractivity contribution in [2.75, 3.05) is 6.61 Å². The lowest BCUT2D eigenvalue weighted by atomic mass is 10.1. The third kappa shape index (κ3) is 4.48. The molecule has 0 spiro atoms. The monoisotopic (exact) mass is 295 g/mol. The third-order valence-corrected chi connectivity index (χ3v) is 3.02. The number of aryl methyl sites for hydroxylation is 2. The number of benzene rings is 1. The molecular weight excluding hydrogens is 279 g/mol. The topological polar surface area (TPSA) is 22.1 Å². The molecule has 21 heavy (non-hydrogen) atoms. The molecule has 0 fully saturated rings. The van der Waals surface area contributed by atoms with Crippen LogP contribution in [0.2, 0.25) is 0 Å². The summed E-state index contributed by atoms with van der Waals surface area (Å²) < 4.78 is 43.9. The molecule has 0 aliphatic carbocycles. The molecule has 5 heteroatoms. The standard InChI is InChI=1S/C16H16F3NO/c1-12-10-14(16(17,18)19)15(11-20-12)21-9-5-8-13-6-3-2-4-7-13/h2-4,6-7,10-11H,5,8-9H2,1H3. The predicted molar refractivity (Wildman–Crippen MR) is 74.2 cm³/mol. The third-order valence-electron chi connectivity index (χ3n) is 3.02. The summed E-state index contributed by atoms with van der Waals surface area (Å²) in [6, 6.07) is 10.8. The zero-order valence-electron chi connectivity index (χ0n) is 11.7. The molecule has 0 saturated heterocycles. The van der Waals surface area contributed by atoms with Crippen molar-refractivity contribution in [3.05, 3.63) is 59.4 Å². The van der Waals surface area contributed by atoms with Crippen LogP contribution in [0.5, 0.6) is 5.75 Å². The number of rotatable bonds is 5. The maximum absolute atomic E-state index is 12.9. The number of nitrogens with zero attached hydrogens (tertiary/aromatic N) is 1. The quantitative estimate of drug-likeness (QED) is 0.762. The van der Waals surface area contributed by atoms with Gasteiger partial charge in [0.05, 0.1) is 12.8 Å². The lowest BCUT2D eigenvalue weighted by Crippen LogP contribution is -2.10. The second kappa shape index (κ2) is 6.61. The number of aromatic nitrogens is 1. The summed E-state index contributed by atoms with van der Waals surface area (Å²) in [6.45, 7) is 1.75. The SMILES string of the molecule is Cc1cc(C(F)(F)F)c(OCCCc2ccccc2)cn1. The van der Waals surface area contributed by atoms with Crippen LogP contribution in [0.1, 0.15) is 23.2 Å². The minimum atomic E-state index is -4.43. The van der Waals surface area contributed by atoms with E-state index in [-0.39, 0.29) is 12.4 Å². The van der Waals surface area contributed by atoms with Crippen molar-refractivity contribution in [3.8, 4) is 5.75 Å². The Morgan fingerprint density at radius 3 is 2.52 bits per heavy atom. The van der Waals surface area contributed by atoms with Crippen LogP contribution in [0.15, 0.2) is 42.6 Å². The molecule has 0 aliphatic rings. The highest BCUT2D eigenvalue weighted by Gasteiger charge is 2.34. The molecule has 0 saturated carbocycles. The summed E-state index contributed by atoms with van der Waals surface area (Å²) in [5.74, 6) is -0.207. The fourth-order valence-corrected chi connectivity index (χ4v) is 1.99. The summed E-state index contributed by atoms with van der Waals surface area (Å²) in [5, 5.41) is 0. The van der Waals surface area contributed by atoms with E-state index < -0.39 is 11.7 Å². The summed E-state index contributed by atoms with van der Waals surface area (Å²) in [7, 11) is 0. The highest BCUT2D eigenvalue weighted by Crippen LogP contribution is 2.36. The van der Waals surface area contributed by atoms with E-state index in [9.17, 15) is 13.2 Å². The average molecular weight is 295 g/mol. The maximum atomic E-state index is 12.9. The lowest BCUT2D eigenvalue weighted by Gasteiger charge is -2.14. The van der Waals surface area contributed by atoms with Gasteiger partial charge in [0.15, 0.2) is 0 Å². The van der Waals surface area contributed by atoms with Gasteiger partial charge >= 0.3 is 6.18 Å². The van der Waals surface area contributed by atoms with Gasteiger partial charge in [-0.2, -0.15) is 13.2 Å². The van der Waals surface area contributed by atoms with Gasteiger partial charge in [-0.05, 0) is 31.4 Å². The molecule has 0 atom stereocenters. The number of alkyl halides is 3. The van der Waals surface area contributed by atoms with Gasteiger partial charge in [-0.3, -0.25) is 4.98 Å². The first-order valence-electron chi connectivity index (χ1n) is 6.67. The second-order valence-corrected chi connectivity index (χ2v) is 4.76. The highest BCUT2D eigenvalue weighted by atomic mass is 19.4. The van der Waals surface area contributed by atoms with Crippen LogP contribution in [0.4, 0.5) is 13.2 Å². The van der Waals surface area contributed by atoms with Crippen molar-refractivity contribution in [1.29, 1.82) is 0 Å². The molecule has 2 rings (SSSR count). The number of hydrogen-bond acceptors (Lipinski definition) is 2.